The molecular formula is C37H36BNO2. The first-order valence-corrected chi connectivity index (χ1v) is 14.7. The van der Waals surface area contributed by atoms with Crippen molar-refractivity contribution >= 4 is 56.4 Å². The largest absolute Gasteiger partial charge is 0.490 e. The highest BCUT2D eigenvalue weighted by Crippen LogP contribution is 2.41. The van der Waals surface area contributed by atoms with Crippen molar-refractivity contribution in [3.8, 4) is 5.69 Å². The summed E-state index contributed by atoms with van der Waals surface area (Å²) in [7, 11) is -0.368. The van der Waals surface area contributed by atoms with E-state index in [9.17, 15) is 0 Å². The summed E-state index contributed by atoms with van der Waals surface area (Å²) >= 11 is 0. The van der Waals surface area contributed by atoms with Crippen molar-refractivity contribution in [2.75, 3.05) is 0 Å². The molecule has 0 N–H and O–H groups in total. The van der Waals surface area contributed by atoms with Crippen LogP contribution in [0.15, 0.2) is 96.5 Å². The van der Waals surface area contributed by atoms with Gasteiger partial charge in [-0.15, -0.1) is 0 Å². The first-order valence-electron chi connectivity index (χ1n) is 14.7. The van der Waals surface area contributed by atoms with Gasteiger partial charge in [-0.3, -0.25) is 0 Å². The summed E-state index contributed by atoms with van der Waals surface area (Å²) in [5.74, 6) is 0. The summed E-state index contributed by atoms with van der Waals surface area (Å²) < 4.78 is 15.3. The monoisotopic (exact) mass is 537 g/mol. The fourth-order valence-corrected chi connectivity index (χ4v) is 6.48. The molecule has 41 heavy (non-hydrogen) atoms. The topological polar surface area (TPSA) is 23.4 Å². The van der Waals surface area contributed by atoms with Crippen LogP contribution in [0.5, 0.6) is 0 Å². The number of benzene rings is 5. The lowest BCUT2D eigenvalue weighted by Gasteiger charge is -2.32. The number of aromatic nitrogens is 1. The van der Waals surface area contributed by atoms with Gasteiger partial charge in [0.15, 0.2) is 0 Å². The van der Waals surface area contributed by atoms with Crippen molar-refractivity contribution < 1.29 is 9.31 Å². The highest BCUT2D eigenvalue weighted by atomic mass is 16.7. The number of nitrogens with zero attached hydrogens (tertiary/aromatic N) is 1. The van der Waals surface area contributed by atoms with E-state index in [0.29, 0.717) is 0 Å². The molecule has 1 aliphatic rings. The van der Waals surface area contributed by atoms with Crippen molar-refractivity contribution in [1.29, 1.82) is 0 Å². The minimum atomic E-state index is -0.369. The maximum absolute atomic E-state index is 6.40. The lowest BCUT2D eigenvalue weighted by molar-refractivity contribution is 0.00578. The predicted octanol–water partition coefficient (Wildman–Crippen LogP) is 9.69. The molecule has 0 atom stereocenters. The Morgan fingerprint density at radius 1 is 0.683 bits per heavy atom. The smallest absolute Gasteiger partial charge is 0.400 e. The zero-order valence-corrected chi connectivity index (χ0v) is 24.8. The molecule has 1 saturated heterocycles. The second kappa shape index (κ2) is 9.34. The molecule has 0 amide bonds. The molecule has 0 aliphatic carbocycles. The van der Waals surface area contributed by atoms with Crippen LogP contribution in [-0.4, -0.2) is 22.9 Å². The van der Waals surface area contributed by atoms with E-state index in [-0.39, 0.29) is 18.3 Å². The quantitative estimate of drug-likeness (QED) is 0.165. The van der Waals surface area contributed by atoms with Gasteiger partial charge in [0, 0.05) is 22.3 Å². The third-order valence-electron chi connectivity index (χ3n) is 9.33. The molecule has 1 aliphatic heterocycles. The van der Waals surface area contributed by atoms with Gasteiger partial charge in [-0.05, 0) is 97.0 Å². The highest BCUT2D eigenvalue weighted by Gasteiger charge is 2.51. The van der Waals surface area contributed by atoms with Gasteiger partial charge in [0.25, 0.3) is 0 Å². The zero-order valence-electron chi connectivity index (χ0n) is 24.8. The molecule has 0 unspecified atom stereocenters. The summed E-state index contributed by atoms with van der Waals surface area (Å²) in [6, 6.07) is 33.2. The average molecular weight is 538 g/mol. The normalized spacial score (nSPS) is 16.9. The van der Waals surface area contributed by atoms with E-state index in [1.165, 1.54) is 60.2 Å². The third-order valence-corrected chi connectivity index (χ3v) is 9.33. The second-order valence-corrected chi connectivity index (χ2v) is 12.4. The lowest BCUT2D eigenvalue weighted by atomic mass is 9.78. The summed E-state index contributed by atoms with van der Waals surface area (Å²) in [6.45, 7) is 12.8. The molecule has 0 spiro atoms. The summed E-state index contributed by atoms with van der Waals surface area (Å²) in [6.07, 6.45) is 3.18. The van der Waals surface area contributed by atoms with Crippen LogP contribution in [-0.2, 0) is 15.7 Å². The Labute approximate surface area is 242 Å². The van der Waals surface area contributed by atoms with Crippen LogP contribution in [0.25, 0.3) is 55.0 Å². The minimum absolute atomic E-state index is 0.368. The van der Waals surface area contributed by atoms with Gasteiger partial charge >= 0.3 is 7.12 Å². The maximum Gasteiger partial charge on any atom is 0.490 e. The first-order chi connectivity index (χ1) is 19.7. The molecule has 0 saturated carbocycles. The minimum Gasteiger partial charge on any atom is -0.400 e. The van der Waals surface area contributed by atoms with Gasteiger partial charge in [-0.25, -0.2) is 0 Å². The summed E-state index contributed by atoms with van der Waals surface area (Å²) in [4.78, 5) is 0. The SMILES string of the molecule is CCc1c(/C=C(\C)B2OC(C)(C)C(C)(C)O2)c2ccccc2n1-c1ccc2c3ccccc3c3ccccc3c2c1. The molecule has 5 aromatic carbocycles. The fourth-order valence-electron chi connectivity index (χ4n) is 6.48. The number of allylic oxidation sites excluding steroid dienone is 1. The van der Waals surface area contributed by atoms with Crippen LogP contribution in [0.2, 0.25) is 0 Å². The van der Waals surface area contributed by atoms with E-state index in [1.54, 1.807) is 0 Å². The van der Waals surface area contributed by atoms with Crippen molar-refractivity contribution in [2.24, 2.45) is 0 Å². The zero-order chi connectivity index (χ0) is 28.5. The van der Waals surface area contributed by atoms with Gasteiger partial charge in [-0.1, -0.05) is 85.8 Å². The number of hydrogen-bond acceptors (Lipinski definition) is 2. The van der Waals surface area contributed by atoms with Gasteiger partial charge in [0.05, 0.1) is 16.7 Å². The summed E-state index contributed by atoms with van der Waals surface area (Å²) in [5.41, 5.74) is 5.25. The molecule has 0 radical (unpaired) electrons. The Hall–Kier alpha value is -3.86. The molecular weight excluding hydrogens is 501 g/mol. The lowest BCUT2D eigenvalue weighted by Crippen LogP contribution is -2.41. The van der Waals surface area contributed by atoms with Crippen LogP contribution >= 0.6 is 0 Å². The van der Waals surface area contributed by atoms with Gasteiger partial charge < -0.3 is 13.9 Å². The van der Waals surface area contributed by atoms with Crippen molar-refractivity contribution in [1.82, 2.24) is 4.57 Å². The first kappa shape index (κ1) is 26.1. The van der Waals surface area contributed by atoms with Gasteiger partial charge in [0.1, 0.15) is 0 Å². The van der Waals surface area contributed by atoms with Crippen LogP contribution in [0.1, 0.15) is 52.8 Å². The van der Waals surface area contributed by atoms with Crippen molar-refractivity contribution in [2.45, 2.75) is 59.2 Å². The van der Waals surface area contributed by atoms with Crippen molar-refractivity contribution in [3.05, 3.63) is 108 Å². The van der Waals surface area contributed by atoms with E-state index in [1.807, 2.05) is 0 Å². The molecule has 0 bridgehead atoms. The standard InChI is InChI=1S/C37H36BNO2/c1-7-34-33(22-24(2)38-40-36(3,4)37(5,6)41-38)31-18-12-13-19-35(31)39(34)25-20-21-30-28-16-9-8-14-26(28)27-15-10-11-17-29(27)32(30)23-25/h8-23H,7H2,1-6H3/b24-22+. The number of para-hydroxylation sites is 1. The summed E-state index contributed by atoms with van der Waals surface area (Å²) in [5, 5.41) is 8.98. The molecule has 6 aromatic rings. The maximum atomic E-state index is 6.40. The number of rotatable bonds is 4. The van der Waals surface area contributed by atoms with E-state index in [2.05, 4.69) is 143 Å². The van der Waals surface area contributed by atoms with Crippen molar-refractivity contribution in [3.63, 3.8) is 0 Å². The molecule has 204 valence electrons. The Bertz CT molecular complexity index is 1960. The molecule has 2 heterocycles. The Balaban J connectivity index is 1.45. The predicted molar refractivity (Wildman–Crippen MR) is 175 cm³/mol. The Morgan fingerprint density at radius 2 is 1.17 bits per heavy atom. The van der Waals surface area contributed by atoms with Gasteiger partial charge in [-0.2, -0.15) is 0 Å². The van der Waals surface area contributed by atoms with E-state index in [4.69, 9.17) is 9.31 Å². The van der Waals surface area contributed by atoms with Gasteiger partial charge in [0.2, 0.25) is 0 Å². The average Bonchev–Trinajstić information content (AvgIpc) is 3.41. The molecule has 7 rings (SSSR count). The highest BCUT2D eigenvalue weighted by molar-refractivity contribution is 6.55. The Morgan fingerprint density at radius 3 is 1.73 bits per heavy atom. The van der Waals surface area contributed by atoms with Crippen LogP contribution in [0, 0.1) is 0 Å². The van der Waals surface area contributed by atoms with Crippen LogP contribution in [0.4, 0.5) is 0 Å². The second-order valence-electron chi connectivity index (χ2n) is 12.4. The molecule has 1 fully saturated rings. The van der Waals surface area contributed by atoms with E-state index in [0.717, 1.165) is 11.9 Å². The molecule has 1 aromatic heterocycles. The molecule has 4 heteroatoms. The van der Waals surface area contributed by atoms with E-state index >= 15 is 0 Å². The fraction of sp³-hybridized carbons (Fsp3) is 0.243. The van der Waals surface area contributed by atoms with Crippen LogP contribution in [0.3, 0.4) is 0 Å². The number of hydrogen-bond donors (Lipinski definition) is 0. The Kier molecular flexibility index (Phi) is 5.94. The van der Waals surface area contributed by atoms with E-state index < -0.39 is 0 Å². The molecule has 3 nitrogen and oxygen atoms in total. The number of fused-ring (bicyclic) bond motifs is 7. The van der Waals surface area contributed by atoms with Crippen LogP contribution < -0.4 is 0 Å². The third kappa shape index (κ3) is 3.96.